The van der Waals surface area contributed by atoms with Gasteiger partial charge in [-0.15, -0.1) is 0 Å². The molecule has 0 aromatic carbocycles. The fourth-order valence-corrected chi connectivity index (χ4v) is 7.99. The molecule has 0 unspecified atom stereocenters. The van der Waals surface area contributed by atoms with Crippen LogP contribution in [0.2, 0.25) is 11.6 Å². The first-order chi connectivity index (χ1) is 16.6. The van der Waals surface area contributed by atoms with Crippen molar-refractivity contribution in [3.8, 4) is 0 Å². The Balaban J connectivity index is 1.15. The van der Waals surface area contributed by atoms with Crippen LogP contribution in [-0.2, 0) is 9.53 Å². The van der Waals surface area contributed by atoms with Crippen molar-refractivity contribution in [3.05, 3.63) is 36.6 Å². The van der Waals surface area contributed by atoms with E-state index in [4.69, 9.17) is 4.74 Å². The summed E-state index contributed by atoms with van der Waals surface area (Å²) in [6.07, 6.45) is 29.9. The van der Waals surface area contributed by atoms with Gasteiger partial charge in [-0.2, -0.15) is 0 Å². The van der Waals surface area contributed by atoms with Gasteiger partial charge in [0.05, 0.1) is 0 Å². The molecule has 3 nitrogen and oxygen atoms in total. The number of nitrogens with one attached hydrogen (secondary N) is 1. The molecule has 5 aliphatic carbocycles. The summed E-state index contributed by atoms with van der Waals surface area (Å²) in [6, 6.07) is 0. The van der Waals surface area contributed by atoms with Gasteiger partial charge in [0.1, 0.15) is 13.0 Å². The Morgan fingerprint density at radius 3 is 2.12 bits per heavy atom. The number of allylic oxidation sites excluding steroid dienone is 4. The van der Waals surface area contributed by atoms with Gasteiger partial charge in [-0.25, -0.2) is 0 Å². The van der Waals surface area contributed by atoms with Gasteiger partial charge < -0.3 is 10.1 Å². The van der Waals surface area contributed by atoms with Crippen LogP contribution >= 0.6 is 0 Å². The highest BCUT2D eigenvalue weighted by atomic mass is 16.5. The van der Waals surface area contributed by atoms with Crippen molar-refractivity contribution in [1.82, 2.24) is 5.32 Å². The third kappa shape index (κ3) is 6.40. The Kier molecular flexibility index (Phi) is 9.05. The van der Waals surface area contributed by atoms with Gasteiger partial charge in [0.25, 0.3) is 5.91 Å². The molecule has 188 valence electrons. The lowest BCUT2D eigenvalue weighted by Crippen LogP contribution is -2.76. The Morgan fingerprint density at radius 2 is 1.53 bits per heavy atom. The lowest BCUT2D eigenvalue weighted by molar-refractivity contribution is -0.198. The number of carbonyl (C=O) groups excluding carboxylic acids is 1. The predicted molar refractivity (Wildman–Crippen MR) is 144 cm³/mol. The number of hydrogen-bond acceptors (Lipinski definition) is 2. The number of rotatable bonds is 9. The first-order valence-electron chi connectivity index (χ1n) is 14.5. The first-order valence-corrected chi connectivity index (χ1v) is 14.5. The van der Waals surface area contributed by atoms with Crippen LogP contribution in [-0.4, -0.2) is 25.3 Å². The molecule has 0 heterocycles. The maximum absolute atomic E-state index is 12.5. The molecular weight excluding hydrogens is 417 g/mol. The molecule has 0 aromatic heterocycles. The minimum Gasteiger partial charge on any atom is -0.484 e. The Hall–Kier alpha value is -1.45. The molecule has 0 spiro atoms. The molecule has 0 aliphatic heterocycles. The van der Waals surface area contributed by atoms with E-state index in [-0.39, 0.29) is 18.1 Å². The van der Waals surface area contributed by atoms with Gasteiger partial charge in [-0.3, -0.25) is 4.79 Å². The van der Waals surface area contributed by atoms with E-state index in [1.807, 2.05) is 25.2 Å². The number of ether oxygens (including phenoxy) is 1. The molecule has 1 amide bonds. The van der Waals surface area contributed by atoms with E-state index >= 15 is 0 Å². The normalized spacial score (nSPS) is 35.0. The molecule has 5 aliphatic rings. The molecule has 5 fully saturated rings. The van der Waals surface area contributed by atoms with Crippen LogP contribution in [0.1, 0.15) is 110 Å². The third-order valence-corrected chi connectivity index (χ3v) is 9.61. The van der Waals surface area contributed by atoms with Crippen LogP contribution in [0.4, 0.5) is 0 Å². The van der Waals surface area contributed by atoms with E-state index in [2.05, 4.69) is 11.9 Å². The molecule has 4 heteroatoms. The van der Waals surface area contributed by atoms with Crippen molar-refractivity contribution in [1.29, 1.82) is 0 Å². The minimum absolute atomic E-state index is 0.0226. The van der Waals surface area contributed by atoms with Crippen molar-refractivity contribution >= 4 is 13.2 Å². The highest BCUT2D eigenvalue weighted by Gasteiger charge is 2.70. The molecule has 0 radical (unpaired) electrons. The molecule has 0 aromatic rings. The largest absolute Gasteiger partial charge is 0.484 e. The molecule has 5 saturated carbocycles. The smallest absolute Gasteiger partial charge is 0.258 e. The molecule has 5 rings (SSSR count). The van der Waals surface area contributed by atoms with E-state index in [9.17, 15) is 4.79 Å². The zero-order chi connectivity index (χ0) is 23.9. The second-order valence-corrected chi connectivity index (χ2v) is 12.2. The lowest BCUT2D eigenvalue weighted by Gasteiger charge is -2.73. The topological polar surface area (TPSA) is 38.3 Å². The SMILES string of the molecule is C=C/C=C\C(=C/C)OCC(=O)NC12CC(C3CCCC(BC4CCCCCCC4)CCC3)(C1)C2. The van der Waals surface area contributed by atoms with Crippen LogP contribution in [0.5, 0.6) is 0 Å². The van der Waals surface area contributed by atoms with Gasteiger partial charge >= 0.3 is 0 Å². The van der Waals surface area contributed by atoms with Crippen molar-refractivity contribution in [3.63, 3.8) is 0 Å². The monoisotopic (exact) mass is 465 g/mol. The summed E-state index contributed by atoms with van der Waals surface area (Å²) in [4.78, 5) is 12.5. The summed E-state index contributed by atoms with van der Waals surface area (Å²) in [5, 5.41) is 3.31. The van der Waals surface area contributed by atoms with Crippen LogP contribution in [0.3, 0.4) is 0 Å². The van der Waals surface area contributed by atoms with Gasteiger partial charge in [0, 0.05) is 5.54 Å². The van der Waals surface area contributed by atoms with Crippen LogP contribution < -0.4 is 5.32 Å². The summed E-state index contributed by atoms with van der Waals surface area (Å²) < 4.78 is 5.65. The quantitative estimate of drug-likeness (QED) is 0.219. The summed E-state index contributed by atoms with van der Waals surface area (Å²) in [7, 11) is 1.52. The molecular formula is C30H48BNO2. The molecule has 0 atom stereocenters. The second kappa shape index (κ2) is 12.0. The number of carbonyl (C=O) groups is 1. The Labute approximate surface area is 209 Å². The van der Waals surface area contributed by atoms with E-state index in [1.165, 1.54) is 110 Å². The van der Waals surface area contributed by atoms with E-state index < -0.39 is 0 Å². The molecule has 0 saturated heterocycles. The van der Waals surface area contributed by atoms with E-state index in [1.54, 1.807) is 6.08 Å². The first kappa shape index (κ1) is 25.6. The van der Waals surface area contributed by atoms with Gasteiger partial charge in [0.15, 0.2) is 6.61 Å². The fourth-order valence-electron chi connectivity index (χ4n) is 7.99. The highest BCUT2D eigenvalue weighted by Crippen LogP contribution is 2.72. The summed E-state index contributed by atoms with van der Waals surface area (Å²) in [5.74, 6) is 3.64. The Morgan fingerprint density at radius 1 is 0.941 bits per heavy atom. The molecule has 1 N–H and O–H groups in total. The minimum atomic E-state index is 0.0226. The number of hydrogen-bond donors (Lipinski definition) is 1. The third-order valence-electron chi connectivity index (χ3n) is 9.61. The maximum atomic E-state index is 12.5. The van der Waals surface area contributed by atoms with Crippen LogP contribution in [0, 0.1) is 11.3 Å². The van der Waals surface area contributed by atoms with Crippen molar-refractivity contribution in [2.45, 2.75) is 127 Å². The zero-order valence-electron chi connectivity index (χ0n) is 21.8. The van der Waals surface area contributed by atoms with Crippen molar-refractivity contribution < 1.29 is 9.53 Å². The fraction of sp³-hybridized carbons (Fsp3) is 0.767. The summed E-state index contributed by atoms with van der Waals surface area (Å²) >= 11 is 0. The average molecular weight is 466 g/mol. The van der Waals surface area contributed by atoms with Gasteiger partial charge in [0.2, 0.25) is 0 Å². The summed E-state index contributed by atoms with van der Waals surface area (Å²) in [6.45, 7) is 5.69. The van der Waals surface area contributed by atoms with E-state index in [0.717, 1.165) is 17.6 Å². The lowest BCUT2D eigenvalue weighted by atomic mass is 9.34. The molecule has 34 heavy (non-hydrogen) atoms. The van der Waals surface area contributed by atoms with Gasteiger partial charge in [-0.05, 0) is 62.5 Å². The van der Waals surface area contributed by atoms with E-state index in [0.29, 0.717) is 11.2 Å². The van der Waals surface area contributed by atoms with Crippen LogP contribution in [0.25, 0.3) is 0 Å². The van der Waals surface area contributed by atoms with Crippen LogP contribution in [0.15, 0.2) is 36.6 Å². The zero-order valence-corrected chi connectivity index (χ0v) is 21.8. The standard InChI is InChI=1S/C30H48BNO2/c1-3-5-19-27(4-2)34-20-28(33)32-30-21-29(22-30,23-30)24-13-11-17-26(18-12-14-24)31-25-15-9-7-6-8-10-16-25/h3-5,19,24-26,31H,1,6-18,20-23H2,2H3,(H,32,33)/b19-5-,27-4+. The molecule has 2 bridgehead atoms. The number of amides is 1. The average Bonchev–Trinajstić information content (AvgIpc) is 2.73. The Bertz CT molecular complexity index is 719. The second-order valence-electron chi connectivity index (χ2n) is 12.2. The summed E-state index contributed by atoms with van der Waals surface area (Å²) in [5.41, 5.74) is 0.623. The van der Waals surface area contributed by atoms with Gasteiger partial charge in [-0.1, -0.05) is 101 Å². The highest BCUT2D eigenvalue weighted by molar-refractivity contribution is 6.39. The maximum Gasteiger partial charge on any atom is 0.258 e. The predicted octanol–water partition coefficient (Wildman–Crippen LogP) is 7.42. The van der Waals surface area contributed by atoms with Crippen molar-refractivity contribution in [2.24, 2.45) is 11.3 Å². The van der Waals surface area contributed by atoms with Crippen molar-refractivity contribution in [2.75, 3.05) is 6.61 Å².